The monoisotopic (exact) mass is 280 g/mol. The van der Waals surface area contributed by atoms with E-state index in [2.05, 4.69) is 0 Å². The van der Waals surface area contributed by atoms with Gasteiger partial charge in [-0.05, 0) is 24.3 Å². The minimum atomic E-state index is -0.980. The number of carboxylic acids is 1. The molecule has 100 valence electrons. The van der Waals surface area contributed by atoms with Gasteiger partial charge in [0.2, 0.25) is 5.75 Å². The van der Waals surface area contributed by atoms with Crippen LogP contribution in [0.4, 0.5) is 0 Å². The van der Waals surface area contributed by atoms with Crippen LogP contribution < -0.4 is 14.2 Å². The molecular weight excluding hydrogens is 268 g/mol. The van der Waals surface area contributed by atoms with E-state index in [0.29, 0.717) is 22.3 Å². The number of hydrogen-bond donors (Lipinski definition) is 1. The molecule has 0 atom stereocenters. The van der Waals surface area contributed by atoms with E-state index in [-0.39, 0.29) is 4.88 Å². The number of aromatic carboxylic acids is 1. The van der Waals surface area contributed by atoms with Crippen LogP contribution in [0.3, 0.4) is 0 Å². The molecule has 0 radical (unpaired) electrons. The first-order chi connectivity index (χ1) is 9.15. The Morgan fingerprint density at radius 1 is 1.11 bits per heavy atom. The maximum atomic E-state index is 10.8. The van der Waals surface area contributed by atoms with E-state index in [9.17, 15) is 4.79 Å². The van der Waals surface area contributed by atoms with Gasteiger partial charge in [0.15, 0.2) is 16.6 Å². The van der Waals surface area contributed by atoms with E-state index in [1.807, 2.05) is 0 Å². The van der Waals surface area contributed by atoms with E-state index in [1.54, 1.807) is 24.3 Å². The lowest BCUT2D eigenvalue weighted by Gasteiger charge is -2.12. The van der Waals surface area contributed by atoms with Gasteiger partial charge in [0.25, 0.3) is 0 Å². The number of hydrogen-bond acceptors (Lipinski definition) is 5. The number of benzene rings is 1. The lowest BCUT2D eigenvalue weighted by Crippen LogP contribution is -1.93. The molecule has 1 heterocycles. The van der Waals surface area contributed by atoms with Crippen molar-refractivity contribution in [2.24, 2.45) is 0 Å². The minimum Gasteiger partial charge on any atom is -0.493 e. The average Bonchev–Trinajstić information content (AvgIpc) is 2.87. The summed E-state index contributed by atoms with van der Waals surface area (Å²) in [5.74, 6) is 0.479. The molecule has 0 saturated carbocycles. The zero-order valence-corrected chi connectivity index (χ0v) is 11.2. The highest BCUT2D eigenvalue weighted by molar-refractivity contribution is 7.15. The van der Waals surface area contributed by atoms with Crippen molar-refractivity contribution in [3.8, 4) is 22.3 Å². The Morgan fingerprint density at radius 3 is 2.21 bits per heavy atom. The van der Waals surface area contributed by atoms with Crippen molar-refractivity contribution in [1.29, 1.82) is 0 Å². The fraction of sp³-hybridized carbons (Fsp3) is 0.154. The van der Waals surface area contributed by atoms with Crippen molar-refractivity contribution < 1.29 is 24.1 Å². The number of methoxy groups -OCH3 is 2. The zero-order valence-electron chi connectivity index (χ0n) is 10.4. The van der Waals surface area contributed by atoms with Crippen molar-refractivity contribution in [2.75, 3.05) is 14.2 Å². The smallest absolute Gasteiger partial charge is 0.345 e. The number of ether oxygens (including phenoxy) is 3. The molecule has 0 unspecified atom stereocenters. The first-order valence-electron chi connectivity index (χ1n) is 5.37. The zero-order chi connectivity index (χ0) is 13.8. The van der Waals surface area contributed by atoms with Crippen LogP contribution >= 0.6 is 11.3 Å². The summed E-state index contributed by atoms with van der Waals surface area (Å²) in [6, 6.07) is 8.35. The summed E-state index contributed by atoms with van der Waals surface area (Å²) in [5.41, 5.74) is 0. The first kappa shape index (κ1) is 13.2. The fourth-order valence-corrected chi connectivity index (χ4v) is 2.21. The van der Waals surface area contributed by atoms with Gasteiger partial charge in [-0.3, -0.25) is 0 Å². The van der Waals surface area contributed by atoms with Crippen LogP contribution in [-0.2, 0) is 0 Å². The standard InChI is InChI=1S/C13H12O5S/c1-16-8-4-3-5-9(17-2)12(8)18-11-7-6-10(19-11)13(14)15/h3-7H,1-2H3,(H,14,15). The maximum absolute atomic E-state index is 10.8. The van der Waals surface area contributed by atoms with Crippen molar-refractivity contribution in [2.45, 2.75) is 0 Å². The minimum absolute atomic E-state index is 0.212. The molecule has 0 aliphatic rings. The fourth-order valence-electron chi connectivity index (χ4n) is 1.51. The van der Waals surface area contributed by atoms with Crippen molar-refractivity contribution in [1.82, 2.24) is 0 Å². The van der Waals surface area contributed by atoms with Gasteiger partial charge in [-0.2, -0.15) is 0 Å². The Bertz CT molecular complexity index is 568. The van der Waals surface area contributed by atoms with E-state index in [0.717, 1.165) is 11.3 Å². The van der Waals surface area contributed by atoms with Gasteiger partial charge in [0.05, 0.1) is 14.2 Å². The van der Waals surface area contributed by atoms with Crippen molar-refractivity contribution in [3.05, 3.63) is 35.2 Å². The van der Waals surface area contributed by atoms with Gasteiger partial charge < -0.3 is 19.3 Å². The topological polar surface area (TPSA) is 65.0 Å². The van der Waals surface area contributed by atoms with Gasteiger partial charge in [0, 0.05) is 0 Å². The number of thiophene rings is 1. The van der Waals surface area contributed by atoms with Crippen LogP contribution in [0.25, 0.3) is 0 Å². The van der Waals surface area contributed by atoms with Crippen molar-refractivity contribution in [3.63, 3.8) is 0 Å². The Kier molecular flexibility index (Phi) is 3.91. The molecule has 19 heavy (non-hydrogen) atoms. The van der Waals surface area contributed by atoms with Gasteiger partial charge >= 0.3 is 5.97 Å². The number of carboxylic acid groups (broad SMARTS) is 1. The van der Waals surface area contributed by atoms with E-state index >= 15 is 0 Å². The predicted molar refractivity (Wildman–Crippen MR) is 70.9 cm³/mol. The summed E-state index contributed by atoms with van der Waals surface area (Å²) in [6.45, 7) is 0. The molecular formula is C13H12O5S. The Balaban J connectivity index is 2.33. The first-order valence-corrected chi connectivity index (χ1v) is 6.19. The molecule has 6 heteroatoms. The van der Waals surface area contributed by atoms with Crippen LogP contribution in [-0.4, -0.2) is 25.3 Å². The molecule has 1 aromatic heterocycles. The lowest BCUT2D eigenvalue weighted by atomic mass is 10.3. The molecule has 2 rings (SSSR count). The molecule has 0 bridgehead atoms. The summed E-state index contributed by atoms with van der Waals surface area (Å²) in [6.07, 6.45) is 0. The molecule has 0 amide bonds. The van der Waals surface area contributed by atoms with E-state index < -0.39 is 5.97 Å². The van der Waals surface area contributed by atoms with E-state index in [4.69, 9.17) is 19.3 Å². The third-order valence-electron chi connectivity index (χ3n) is 2.38. The molecule has 0 saturated heterocycles. The van der Waals surface area contributed by atoms with Gasteiger partial charge in [0.1, 0.15) is 4.88 Å². The second kappa shape index (κ2) is 5.62. The number of rotatable bonds is 5. The third-order valence-corrected chi connectivity index (χ3v) is 3.33. The largest absolute Gasteiger partial charge is 0.493 e. The van der Waals surface area contributed by atoms with Gasteiger partial charge in [-0.25, -0.2) is 4.79 Å². The second-order valence-electron chi connectivity index (χ2n) is 3.52. The lowest BCUT2D eigenvalue weighted by molar-refractivity contribution is 0.0702. The third kappa shape index (κ3) is 2.79. The summed E-state index contributed by atoms with van der Waals surface area (Å²) >= 11 is 1.04. The Labute approximate surface area is 114 Å². The quantitative estimate of drug-likeness (QED) is 0.910. The summed E-state index contributed by atoms with van der Waals surface area (Å²) in [4.78, 5) is 11.0. The van der Waals surface area contributed by atoms with Crippen molar-refractivity contribution >= 4 is 17.3 Å². The molecule has 2 aromatic rings. The molecule has 0 spiro atoms. The highest BCUT2D eigenvalue weighted by atomic mass is 32.1. The van der Waals surface area contributed by atoms with Gasteiger partial charge in [-0.1, -0.05) is 17.4 Å². The highest BCUT2D eigenvalue weighted by Gasteiger charge is 2.15. The van der Waals surface area contributed by atoms with Gasteiger partial charge in [-0.15, -0.1) is 0 Å². The predicted octanol–water partition coefficient (Wildman–Crippen LogP) is 3.26. The maximum Gasteiger partial charge on any atom is 0.345 e. The van der Waals surface area contributed by atoms with Crippen LogP contribution in [0.15, 0.2) is 30.3 Å². The Morgan fingerprint density at radius 2 is 1.74 bits per heavy atom. The SMILES string of the molecule is COc1cccc(OC)c1Oc1ccc(C(=O)O)s1. The Hall–Kier alpha value is -2.21. The molecule has 1 N–H and O–H groups in total. The normalized spacial score (nSPS) is 10.0. The summed E-state index contributed by atoms with van der Waals surface area (Å²) in [7, 11) is 3.05. The number of para-hydroxylation sites is 1. The van der Waals surface area contributed by atoms with E-state index in [1.165, 1.54) is 20.3 Å². The second-order valence-corrected chi connectivity index (χ2v) is 4.56. The molecule has 5 nitrogen and oxygen atoms in total. The molecule has 0 fully saturated rings. The molecule has 0 aliphatic carbocycles. The highest BCUT2D eigenvalue weighted by Crippen LogP contribution is 2.41. The summed E-state index contributed by atoms with van der Waals surface area (Å²) in [5, 5.41) is 9.33. The molecule has 1 aromatic carbocycles. The summed E-state index contributed by atoms with van der Waals surface area (Å²) < 4.78 is 16.1. The average molecular weight is 280 g/mol. The number of carbonyl (C=O) groups is 1. The van der Waals surface area contributed by atoms with Crippen LogP contribution in [0.1, 0.15) is 9.67 Å². The van der Waals surface area contributed by atoms with Crippen LogP contribution in [0.2, 0.25) is 0 Å². The van der Waals surface area contributed by atoms with Crippen LogP contribution in [0.5, 0.6) is 22.3 Å². The van der Waals surface area contributed by atoms with Crippen LogP contribution in [0, 0.1) is 0 Å². The molecule has 0 aliphatic heterocycles.